The molecule has 4 heteroatoms. The predicted octanol–water partition coefficient (Wildman–Crippen LogP) is 3.07. The summed E-state index contributed by atoms with van der Waals surface area (Å²) in [5.74, 6) is 2.75. The summed E-state index contributed by atoms with van der Waals surface area (Å²) in [4.78, 5) is 9.01. The maximum atomic E-state index is 4.53. The van der Waals surface area contributed by atoms with Gasteiger partial charge < -0.3 is 10.6 Å². The summed E-state index contributed by atoms with van der Waals surface area (Å²) >= 11 is 0. The Balaban J connectivity index is 2.86. The summed E-state index contributed by atoms with van der Waals surface area (Å²) in [6.45, 7) is 9.42. The highest BCUT2D eigenvalue weighted by atomic mass is 15.1. The Kier molecular flexibility index (Phi) is 5.73. The van der Waals surface area contributed by atoms with E-state index in [1.807, 2.05) is 6.07 Å². The van der Waals surface area contributed by atoms with Crippen molar-refractivity contribution in [2.45, 2.75) is 53.0 Å². The molecule has 0 bridgehead atoms. The number of hydrogen-bond donors (Lipinski definition) is 2. The molecule has 0 saturated heterocycles. The molecule has 96 valence electrons. The average molecular weight is 236 g/mol. The smallest absolute Gasteiger partial charge is 0.133 e. The van der Waals surface area contributed by atoms with Crippen LogP contribution in [-0.2, 0) is 6.42 Å². The summed E-state index contributed by atoms with van der Waals surface area (Å²) in [5.41, 5.74) is 0. The molecule has 2 N–H and O–H groups in total. The lowest BCUT2D eigenvalue weighted by atomic mass is 10.2. The quantitative estimate of drug-likeness (QED) is 0.764. The minimum Gasteiger partial charge on any atom is -0.370 e. The van der Waals surface area contributed by atoms with Crippen molar-refractivity contribution in [2.24, 2.45) is 0 Å². The average Bonchev–Trinajstić information content (AvgIpc) is 2.29. The highest BCUT2D eigenvalue weighted by molar-refractivity contribution is 5.48. The van der Waals surface area contributed by atoms with Crippen LogP contribution in [0.2, 0.25) is 0 Å². The van der Waals surface area contributed by atoms with E-state index in [0.717, 1.165) is 43.3 Å². The fourth-order valence-corrected chi connectivity index (χ4v) is 1.53. The molecule has 0 amide bonds. The summed E-state index contributed by atoms with van der Waals surface area (Å²) in [7, 11) is 0. The largest absolute Gasteiger partial charge is 0.370 e. The van der Waals surface area contributed by atoms with E-state index in [9.17, 15) is 0 Å². The fraction of sp³-hybridized carbons (Fsp3) is 0.692. The van der Waals surface area contributed by atoms with E-state index in [2.05, 4.69) is 48.3 Å². The molecule has 0 radical (unpaired) electrons. The van der Waals surface area contributed by atoms with Crippen LogP contribution >= 0.6 is 0 Å². The van der Waals surface area contributed by atoms with Gasteiger partial charge in [-0.2, -0.15) is 0 Å². The van der Waals surface area contributed by atoms with Gasteiger partial charge in [-0.1, -0.05) is 13.8 Å². The van der Waals surface area contributed by atoms with Crippen LogP contribution in [0.4, 0.5) is 11.6 Å². The number of aromatic nitrogens is 2. The van der Waals surface area contributed by atoms with Gasteiger partial charge in [0, 0.05) is 25.1 Å². The molecule has 17 heavy (non-hydrogen) atoms. The molecule has 4 nitrogen and oxygen atoms in total. The van der Waals surface area contributed by atoms with Gasteiger partial charge >= 0.3 is 0 Å². The maximum absolute atomic E-state index is 4.53. The number of hydrogen-bond acceptors (Lipinski definition) is 4. The Labute approximate surface area is 104 Å². The number of nitrogens with zero attached hydrogens (tertiary/aromatic N) is 2. The van der Waals surface area contributed by atoms with E-state index in [1.54, 1.807) is 0 Å². The molecule has 0 aromatic carbocycles. The van der Waals surface area contributed by atoms with Crippen LogP contribution in [0.15, 0.2) is 6.07 Å². The zero-order chi connectivity index (χ0) is 12.7. The Hall–Kier alpha value is -1.32. The summed E-state index contributed by atoms with van der Waals surface area (Å²) in [5, 5.41) is 6.64. The molecular formula is C13H24N4. The SMILES string of the molecule is CCCc1nc(NCC)cc(NC(C)CC)n1. The number of aryl methyl sites for hydroxylation is 1. The van der Waals surface area contributed by atoms with Gasteiger partial charge in [0.15, 0.2) is 0 Å². The molecule has 0 aliphatic rings. The second-order valence-corrected chi connectivity index (χ2v) is 4.29. The first-order chi connectivity index (χ1) is 8.19. The first-order valence-corrected chi connectivity index (χ1v) is 6.57. The van der Waals surface area contributed by atoms with Crippen molar-refractivity contribution in [3.8, 4) is 0 Å². The summed E-state index contributed by atoms with van der Waals surface area (Å²) in [6, 6.07) is 2.42. The molecule has 0 saturated carbocycles. The van der Waals surface area contributed by atoms with Gasteiger partial charge in [0.1, 0.15) is 17.5 Å². The fourth-order valence-electron chi connectivity index (χ4n) is 1.53. The van der Waals surface area contributed by atoms with E-state index in [0.29, 0.717) is 6.04 Å². The lowest BCUT2D eigenvalue weighted by molar-refractivity contribution is 0.752. The van der Waals surface area contributed by atoms with Gasteiger partial charge in [0.25, 0.3) is 0 Å². The first kappa shape index (κ1) is 13.7. The lowest BCUT2D eigenvalue weighted by Gasteiger charge is -2.14. The molecule has 1 aromatic rings. The Bertz CT molecular complexity index is 314. The van der Waals surface area contributed by atoms with Gasteiger partial charge in [-0.3, -0.25) is 0 Å². The zero-order valence-corrected chi connectivity index (χ0v) is 11.4. The normalized spacial score (nSPS) is 12.2. The topological polar surface area (TPSA) is 49.8 Å². The molecule has 0 fully saturated rings. The van der Waals surface area contributed by atoms with E-state index in [4.69, 9.17) is 0 Å². The van der Waals surface area contributed by atoms with E-state index < -0.39 is 0 Å². The molecule has 0 spiro atoms. The van der Waals surface area contributed by atoms with Crippen molar-refractivity contribution in [2.75, 3.05) is 17.2 Å². The third-order valence-electron chi connectivity index (χ3n) is 2.61. The van der Waals surface area contributed by atoms with Gasteiger partial charge in [-0.15, -0.1) is 0 Å². The summed E-state index contributed by atoms with van der Waals surface area (Å²) in [6.07, 6.45) is 3.08. The molecule has 0 aliphatic carbocycles. The Morgan fingerprint density at radius 1 is 1.18 bits per heavy atom. The Morgan fingerprint density at radius 2 is 1.88 bits per heavy atom. The van der Waals surface area contributed by atoms with Gasteiger partial charge in [-0.05, 0) is 26.7 Å². The highest BCUT2D eigenvalue weighted by Gasteiger charge is 2.05. The minimum atomic E-state index is 0.439. The lowest BCUT2D eigenvalue weighted by Crippen LogP contribution is -2.16. The van der Waals surface area contributed by atoms with Gasteiger partial charge in [-0.25, -0.2) is 9.97 Å². The Morgan fingerprint density at radius 3 is 2.47 bits per heavy atom. The monoisotopic (exact) mass is 236 g/mol. The first-order valence-electron chi connectivity index (χ1n) is 6.57. The van der Waals surface area contributed by atoms with Crippen LogP contribution in [0.5, 0.6) is 0 Å². The van der Waals surface area contributed by atoms with E-state index >= 15 is 0 Å². The maximum Gasteiger partial charge on any atom is 0.133 e. The van der Waals surface area contributed by atoms with Gasteiger partial charge in [0.2, 0.25) is 0 Å². The number of rotatable bonds is 7. The molecule has 1 atom stereocenters. The van der Waals surface area contributed by atoms with Crippen molar-refractivity contribution >= 4 is 11.6 Å². The van der Waals surface area contributed by atoms with Crippen LogP contribution in [0.3, 0.4) is 0 Å². The highest BCUT2D eigenvalue weighted by Crippen LogP contribution is 2.14. The van der Waals surface area contributed by atoms with E-state index in [-0.39, 0.29) is 0 Å². The van der Waals surface area contributed by atoms with E-state index in [1.165, 1.54) is 0 Å². The molecule has 1 aromatic heterocycles. The van der Waals surface area contributed by atoms with Gasteiger partial charge in [0.05, 0.1) is 0 Å². The molecular weight excluding hydrogens is 212 g/mol. The van der Waals surface area contributed by atoms with Crippen molar-refractivity contribution in [1.29, 1.82) is 0 Å². The zero-order valence-electron chi connectivity index (χ0n) is 11.4. The summed E-state index contributed by atoms with van der Waals surface area (Å²) < 4.78 is 0. The predicted molar refractivity (Wildman–Crippen MR) is 73.6 cm³/mol. The number of nitrogens with one attached hydrogen (secondary N) is 2. The van der Waals surface area contributed by atoms with Crippen LogP contribution in [-0.4, -0.2) is 22.6 Å². The number of anilines is 2. The second-order valence-electron chi connectivity index (χ2n) is 4.29. The standard InChI is InChI=1S/C13H24N4/c1-5-8-11-16-12(14-7-3)9-13(17-11)15-10(4)6-2/h9-10H,5-8H2,1-4H3,(H2,14,15,16,17). The van der Waals surface area contributed by atoms with Crippen molar-refractivity contribution in [1.82, 2.24) is 9.97 Å². The van der Waals surface area contributed by atoms with Crippen LogP contribution in [0.25, 0.3) is 0 Å². The molecule has 1 unspecified atom stereocenters. The van der Waals surface area contributed by atoms with Crippen molar-refractivity contribution in [3.05, 3.63) is 11.9 Å². The van der Waals surface area contributed by atoms with Crippen molar-refractivity contribution < 1.29 is 0 Å². The van der Waals surface area contributed by atoms with Crippen LogP contribution in [0, 0.1) is 0 Å². The third kappa shape index (κ3) is 4.59. The molecule has 1 rings (SSSR count). The minimum absolute atomic E-state index is 0.439. The molecule has 0 aliphatic heterocycles. The van der Waals surface area contributed by atoms with Crippen LogP contribution in [0.1, 0.15) is 46.4 Å². The van der Waals surface area contributed by atoms with Crippen LogP contribution < -0.4 is 10.6 Å². The second kappa shape index (κ2) is 7.09. The third-order valence-corrected chi connectivity index (χ3v) is 2.61. The molecule has 1 heterocycles. The van der Waals surface area contributed by atoms with Crippen molar-refractivity contribution in [3.63, 3.8) is 0 Å².